The number of rotatable bonds is 2. The highest BCUT2D eigenvalue weighted by molar-refractivity contribution is 7.25. The van der Waals surface area contributed by atoms with Gasteiger partial charge in [-0.25, -0.2) is 0 Å². The van der Waals surface area contributed by atoms with E-state index in [2.05, 4.69) is 143 Å². The van der Waals surface area contributed by atoms with Crippen molar-refractivity contribution in [1.29, 1.82) is 0 Å². The Bertz CT molecular complexity index is 2580. The zero-order chi connectivity index (χ0) is 31.8. The fraction of sp³-hybridized carbons (Fsp3) is 0.217. The maximum absolute atomic E-state index is 2.59. The zero-order valence-corrected chi connectivity index (χ0v) is 28.2. The first-order valence-electron chi connectivity index (χ1n) is 18.2. The normalized spacial score (nSPS) is 23.2. The van der Waals surface area contributed by atoms with Gasteiger partial charge in [-0.05, 0) is 128 Å². The van der Waals surface area contributed by atoms with Crippen LogP contribution in [0.5, 0.6) is 0 Å². The minimum Gasteiger partial charge on any atom is -0.310 e. The topological polar surface area (TPSA) is 8.17 Å². The van der Waals surface area contributed by atoms with Gasteiger partial charge < -0.3 is 9.47 Å². The molecule has 0 unspecified atom stereocenters. The van der Waals surface area contributed by atoms with Gasteiger partial charge in [0.05, 0.1) is 22.4 Å². The third kappa shape index (κ3) is 3.47. The zero-order valence-electron chi connectivity index (χ0n) is 27.3. The molecule has 4 saturated carbocycles. The molecule has 8 aromatic rings. The Labute approximate surface area is 290 Å². The minimum atomic E-state index is 0.127. The molecule has 3 heterocycles. The van der Waals surface area contributed by atoms with Gasteiger partial charge in [0.15, 0.2) is 0 Å². The fourth-order valence-corrected chi connectivity index (χ4v) is 12.7. The van der Waals surface area contributed by atoms with E-state index in [0.29, 0.717) is 0 Å². The van der Waals surface area contributed by atoms with E-state index in [1.807, 2.05) is 11.3 Å². The van der Waals surface area contributed by atoms with E-state index in [1.165, 1.54) is 96.8 Å². The summed E-state index contributed by atoms with van der Waals surface area (Å²) in [6, 6.07) is 50.9. The summed E-state index contributed by atoms with van der Waals surface area (Å²) in [7, 11) is 0. The molecule has 0 N–H and O–H groups in total. The minimum absolute atomic E-state index is 0.127. The number of para-hydroxylation sites is 3. The summed E-state index contributed by atoms with van der Waals surface area (Å²) in [5.74, 6) is 3.35. The van der Waals surface area contributed by atoms with E-state index in [0.717, 1.165) is 23.7 Å². The molecule has 6 aromatic carbocycles. The number of nitrogens with zero attached hydrogens (tertiary/aromatic N) is 2. The number of aromatic nitrogens is 1. The lowest BCUT2D eigenvalue weighted by atomic mass is 9.41. The van der Waals surface area contributed by atoms with E-state index in [9.17, 15) is 0 Å². The van der Waals surface area contributed by atoms with Crippen LogP contribution in [-0.2, 0) is 5.41 Å². The Morgan fingerprint density at radius 1 is 0.469 bits per heavy atom. The molecule has 2 nitrogen and oxygen atoms in total. The number of hydrogen-bond acceptors (Lipinski definition) is 2. The molecule has 4 bridgehead atoms. The summed E-state index contributed by atoms with van der Waals surface area (Å²) < 4.78 is 5.16. The molecule has 236 valence electrons. The average molecular weight is 649 g/mol. The van der Waals surface area contributed by atoms with Gasteiger partial charge in [0.25, 0.3) is 0 Å². The lowest BCUT2D eigenvalue weighted by Crippen LogP contribution is -2.57. The Morgan fingerprint density at radius 3 is 1.80 bits per heavy atom. The number of thiophene rings is 1. The molecule has 1 aliphatic heterocycles. The lowest BCUT2D eigenvalue weighted by Gasteiger charge is -2.64. The van der Waals surface area contributed by atoms with Crippen LogP contribution >= 0.6 is 11.3 Å². The van der Waals surface area contributed by atoms with Crippen LogP contribution in [0.2, 0.25) is 0 Å². The Hall–Kier alpha value is -4.86. The molecule has 4 fully saturated rings. The number of fused-ring (bicyclic) bond motifs is 8. The van der Waals surface area contributed by atoms with Crippen molar-refractivity contribution in [2.24, 2.45) is 23.7 Å². The first kappa shape index (κ1) is 27.0. The number of anilines is 3. The molecule has 49 heavy (non-hydrogen) atoms. The van der Waals surface area contributed by atoms with Gasteiger partial charge in [0, 0.05) is 47.7 Å². The van der Waals surface area contributed by atoms with Crippen molar-refractivity contribution >= 4 is 70.4 Å². The van der Waals surface area contributed by atoms with Crippen LogP contribution in [0.25, 0.3) is 47.7 Å². The van der Waals surface area contributed by atoms with Gasteiger partial charge in [-0.3, -0.25) is 0 Å². The van der Waals surface area contributed by atoms with Gasteiger partial charge in [-0.1, -0.05) is 72.8 Å². The Kier molecular flexibility index (Phi) is 5.32. The molecule has 2 aromatic heterocycles. The Balaban J connectivity index is 1.07. The third-order valence-corrected chi connectivity index (χ3v) is 14.3. The smallest absolute Gasteiger partial charge is 0.0542 e. The van der Waals surface area contributed by atoms with Crippen LogP contribution in [0.3, 0.4) is 0 Å². The molecule has 4 aliphatic carbocycles. The maximum Gasteiger partial charge on any atom is 0.0542 e. The SMILES string of the molecule is c1ccc2c(c1)N(c1ccc3c(c1)c1ccccc1n3-c1ccc3sc4ccccc4c3c1)c1ccccc1C21C2C[C@H]3C[C@@H](C2)C[C@@H]1C3. The quantitative estimate of drug-likeness (QED) is 0.181. The second-order valence-corrected chi connectivity index (χ2v) is 16.5. The molecule has 3 heteroatoms. The number of hydrogen-bond donors (Lipinski definition) is 0. The van der Waals surface area contributed by atoms with Gasteiger partial charge in [0.2, 0.25) is 0 Å². The number of benzene rings is 6. The second kappa shape index (κ2) is 9.64. The summed E-state index contributed by atoms with van der Waals surface area (Å²) in [6.07, 6.45) is 7.06. The van der Waals surface area contributed by atoms with Crippen molar-refractivity contribution in [2.75, 3.05) is 4.90 Å². The summed E-state index contributed by atoms with van der Waals surface area (Å²) in [5.41, 5.74) is 11.0. The second-order valence-electron chi connectivity index (χ2n) is 15.4. The van der Waals surface area contributed by atoms with Crippen LogP contribution in [0, 0.1) is 23.7 Å². The largest absolute Gasteiger partial charge is 0.310 e. The fourth-order valence-electron chi connectivity index (χ4n) is 11.6. The molecular weight excluding hydrogens is 613 g/mol. The van der Waals surface area contributed by atoms with E-state index < -0.39 is 0 Å². The van der Waals surface area contributed by atoms with Gasteiger partial charge in [0.1, 0.15) is 0 Å². The molecule has 0 saturated heterocycles. The van der Waals surface area contributed by atoms with E-state index >= 15 is 0 Å². The van der Waals surface area contributed by atoms with E-state index in [1.54, 1.807) is 11.1 Å². The average Bonchev–Trinajstić information content (AvgIpc) is 3.68. The van der Waals surface area contributed by atoms with Crippen molar-refractivity contribution < 1.29 is 0 Å². The molecule has 13 rings (SSSR count). The van der Waals surface area contributed by atoms with Crippen LogP contribution < -0.4 is 4.90 Å². The summed E-state index contributed by atoms with van der Waals surface area (Å²) in [6.45, 7) is 0. The molecule has 1 spiro atoms. The Morgan fingerprint density at radius 2 is 1.04 bits per heavy atom. The predicted octanol–water partition coefficient (Wildman–Crippen LogP) is 12.7. The van der Waals surface area contributed by atoms with Gasteiger partial charge in [-0.2, -0.15) is 0 Å². The summed E-state index contributed by atoms with van der Waals surface area (Å²) in [5, 5.41) is 5.27. The molecule has 5 aliphatic rings. The first-order valence-corrected chi connectivity index (χ1v) is 19.0. The van der Waals surface area contributed by atoms with Crippen LogP contribution in [0.4, 0.5) is 17.1 Å². The van der Waals surface area contributed by atoms with Crippen molar-refractivity contribution in [3.63, 3.8) is 0 Å². The van der Waals surface area contributed by atoms with Gasteiger partial charge in [-0.15, -0.1) is 11.3 Å². The lowest BCUT2D eigenvalue weighted by molar-refractivity contribution is -0.0419. The summed E-state index contributed by atoms with van der Waals surface area (Å²) >= 11 is 1.88. The van der Waals surface area contributed by atoms with Crippen molar-refractivity contribution in [3.8, 4) is 5.69 Å². The van der Waals surface area contributed by atoms with Crippen molar-refractivity contribution in [2.45, 2.75) is 37.5 Å². The van der Waals surface area contributed by atoms with E-state index in [4.69, 9.17) is 0 Å². The predicted molar refractivity (Wildman–Crippen MR) is 206 cm³/mol. The standard InChI is InChI=1S/C46H36N2S/c1-5-13-40-34(9-1)36-26-32(17-19-41(36)47(40)33-18-20-45-37(27-33)35-10-2-8-16-44(35)49-45)48-42-14-6-3-11-38(42)46(39-12-4-7-15-43(39)48)30-22-28-21-29(24-30)25-31(46)23-28/h1-20,26-31H,21-25H2/t28-,29+,30-,31?. The first-order chi connectivity index (χ1) is 24.3. The summed E-state index contributed by atoms with van der Waals surface area (Å²) in [4.78, 5) is 2.59. The monoisotopic (exact) mass is 648 g/mol. The molecule has 0 atom stereocenters. The highest BCUT2D eigenvalue weighted by atomic mass is 32.1. The van der Waals surface area contributed by atoms with Gasteiger partial charge >= 0.3 is 0 Å². The van der Waals surface area contributed by atoms with Crippen LogP contribution in [0.15, 0.2) is 133 Å². The molecule has 0 amide bonds. The maximum atomic E-state index is 2.59. The molecule has 0 radical (unpaired) electrons. The molecular formula is C46H36N2S. The van der Waals surface area contributed by atoms with E-state index in [-0.39, 0.29) is 5.41 Å². The van der Waals surface area contributed by atoms with Crippen LogP contribution in [-0.4, -0.2) is 4.57 Å². The van der Waals surface area contributed by atoms with Crippen LogP contribution in [0.1, 0.15) is 43.2 Å². The highest BCUT2D eigenvalue weighted by Crippen LogP contribution is 2.69. The van der Waals surface area contributed by atoms with Crippen molar-refractivity contribution in [3.05, 3.63) is 145 Å². The third-order valence-electron chi connectivity index (χ3n) is 13.1. The highest BCUT2D eigenvalue weighted by Gasteiger charge is 2.61. The van der Waals surface area contributed by atoms with Crippen molar-refractivity contribution in [1.82, 2.24) is 4.57 Å².